The molecule has 3 atom stereocenters. The largest absolute Gasteiger partial charge is 0.324 e. The highest BCUT2D eigenvalue weighted by molar-refractivity contribution is 6.04. The molecule has 1 fully saturated rings. The number of amides is 1. The van der Waals surface area contributed by atoms with Crippen LogP contribution in [0.15, 0.2) is 72.8 Å². The summed E-state index contributed by atoms with van der Waals surface area (Å²) >= 11 is 0. The fraction of sp³-hybridized carbons (Fsp3) is 0.324. The van der Waals surface area contributed by atoms with Gasteiger partial charge >= 0.3 is 0 Å². The maximum absolute atomic E-state index is 13.3. The first-order valence-corrected chi connectivity index (χ1v) is 15.5. The summed E-state index contributed by atoms with van der Waals surface area (Å²) in [6, 6.07) is 25.3. The molecule has 2 aliphatic rings. The Morgan fingerprint density at radius 1 is 0.930 bits per heavy atom. The highest BCUT2D eigenvalue weighted by Crippen LogP contribution is 2.27. The van der Waals surface area contributed by atoms with Crippen LogP contribution in [0.1, 0.15) is 67.9 Å². The lowest BCUT2D eigenvalue weighted by Gasteiger charge is -2.39. The molecular formula is C37H41N5O. The molecule has 2 heterocycles. The minimum absolute atomic E-state index is 0.123. The first-order valence-electron chi connectivity index (χ1n) is 15.5. The van der Waals surface area contributed by atoms with E-state index in [0.717, 1.165) is 51.7 Å². The average molecular weight is 572 g/mol. The van der Waals surface area contributed by atoms with Gasteiger partial charge in [0.25, 0.3) is 5.91 Å². The van der Waals surface area contributed by atoms with E-state index in [4.69, 9.17) is 9.97 Å². The number of likely N-dealkylation sites (tertiary alicyclic amines) is 1. The number of carbonyl (C=O) groups excluding carboxylic acids is 1. The molecule has 1 aromatic heterocycles. The summed E-state index contributed by atoms with van der Waals surface area (Å²) in [5.74, 6) is 0.866. The van der Waals surface area contributed by atoms with Crippen molar-refractivity contribution >= 4 is 35.4 Å². The molecule has 1 aliphatic carbocycles. The number of aryl methyl sites for hydroxylation is 1. The highest BCUT2D eigenvalue weighted by Gasteiger charge is 2.24. The molecule has 6 nitrogen and oxygen atoms in total. The lowest BCUT2D eigenvalue weighted by Crippen LogP contribution is -2.42. The van der Waals surface area contributed by atoms with E-state index in [9.17, 15) is 4.79 Å². The summed E-state index contributed by atoms with van der Waals surface area (Å²) in [5.41, 5.74) is 6.55. The number of piperidine rings is 1. The normalized spacial score (nSPS) is 20.0. The number of hydrogen-bond acceptors (Lipinski definition) is 5. The summed E-state index contributed by atoms with van der Waals surface area (Å²) in [4.78, 5) is 25.6. The maximum Gasteiger partial charge on any atom is 0.255 e. The van der Waals surface area contributed by atoms with Gasteiger partial charge in [0.15, 0.2) is 0 Å². The highest BCUT2D eigenvalue weighted by atomic mass is 16.1. The third-order valence-electron chi connectivity index (χ3n) is 8.85. The van der Waals surface area contributed by atoms with Gasteiger partial charge < -0.3 is 10.6 Å². The predicted octanol–water partition coefficient (Wildman–Crippen LogP) is 6.81. The SMILES string of the molecule is Cc1ccc(CN2C(C)CCCC2C)cc1NC(=O)c1ccc(Nc2nc(-c3ccccc3)c3c(n2)=CCC(C)C=3)cc1. The second kappa shape index (κ2) is 12.5. The predicted molar refractivity (Wildman–Crippen MR) is 177 cm³/mol. The van der Waals surface area contributed by atoms with E-state index in [1.165, 1.54) is 24.8 Å². The molecule has 0 bridgehead atoms. The van der Waals surface area contributed by atoms with Crippen LogP contribution in [0, 0.1) is 12.8 Å². The molecule has 0 saturated carbocycles. The van der Waals surface area contributed by atoms with Crippen LogP contribution in [0.4, 0.5) is 17.3 Å². The molecule has 1 saturated heterocycles. The zero-order valence-corrected chi connectivity index (χ0v) is 25.6. The van der Waals surface area contributed by atoms with Crippen molar-refractivity contribution in [2.45, 2.75) is 72.0 Å². The molecule has 1 amide bonds. The average Bonchev–Trinajstić information content (AvgIpc) is 3.01. The van der Waals surface area contributed by atoms with E-state index in [2.05, 4.69) is 78.8 Å². The van der Waals surface area contributed by atoms with Crippen LogP contribution >= 0.6 is 0 Å². The van der Waals surface area contributed by atoms with Gasteiger partial charge in [-0.15, -0.1) is 0 Å². The first-order chi connectivity index (χ1) is 20.8. The third-order valence-corrected chi connectivity index (χ3v) is 8.85. The first kappa shape index (κ1) is 28.8. The quantitative estimate of drug-likeness (QED) is 0.255. The standard InChI is InChI=1S/C37H41N5O/c1-24-13-20-33-32(21-24)35(29-11-6-5-7-12-29)41-37(40-33)38-31-18-16-30(17-19-31)36(43)39-34-22-28(15-14-25(34)2)23-42-26(3)9-8-10-27(42)4/h5-7,11-12,14-22,24,26-27H,8-10,13,23H2,1-4H3,(H,38,40)(H,39,43). The van der Waals surface area contributed by atoms with Crippen molar-refractivity contribution in [1.82, 2.24) is 14.9 Å². The Morgan fingerprint density at radius 3 is 2.42 bits per heavy atom. The van der Waals surface area contributed by atoms with Gasteiger partial charge in [-0.3, -0.25) is 9.69 Å². The molecule has 220 valence electrons. The number of rotatable bonds is 7. The van der Waals surface area contributed by atoms with Gasteiger partial charge in [-0.1, -0.05) is 68.0 Å². The topological polar surface area (TPSA) is 70.2 Å². The number of benzene rings is 3. The van der Waals surface area contributed by atoms with Crippen LogP contribution in [0.2, 0.25) is 0 Å². The Hall–Kier alpha value is -4.29. The molecule has 43 heavy (non-hydrogen) atoms. The van der Waals surface area contributed by atoms with Crippen LogP contribution in [-0.4, -0.2) is 32.9 Å². The Labute approximate surface area is 254 Å². The van der Waals surface area contributed by atoms with E-state index >= 15 is 0 Å². The molecule has 6 heteroatoms. The van der Waals surface area contributed by atoms with Crippen molar-refractivity contribution in [2.24, 2.45) is 5.92 Å². The molecular weight excluding hydrogens is 530 g/mol. The van der Waals surface area contributed by atoms with E-state index in [-0.39, 0.29) is 5.91 Å². The number of anilines is 3. The number of nitrogens with one attached hydrogen (secondary N) is 2. The van der Waals surface area contributed by atoms with Crippen molar-refractivity contribution in [1.29, 1.82) is 0 Å². The van der Waals surface area contributed by atoms with Gasteiger partial charge in [-0.05, 0) is 87.4 Å². The van der Waals surface area contributed by atoms with Gasteiger partial charge in [0, 0.05) is 46.3 Å². The number of carbonyl (C=O) groups is 1. The molecule has 2 N–H and O–H groups in total. The van der Waals surface area contributed by atoms with Crippen LogP contribution in [-0.2, 0) is 6.54 Å². The van der Waals surface area contributed by atoms with Crippen molar-refractivity contribution < 1.29 is 4.79 Å². The summed E-state index contributed by atoms with van der Waals surface area (Å²) in [7, 11) is 0. The van der Waals surface area contributed by atoms with Crippen molar-refractivity contribution in [3.8, 4) is 11.3 Å². The second-order valence-electron chi connectivity index (χ2n) is 12.3. The molecule has 1 aliphatic heterocycles. The third kappa shape index (κ3) is 6.55. The Bertz CT molecular complexity index is 1720. The molecule has 6 rings (SSSR count). The van der Waals surface area contributed by atoms with Crippen molar-refractivity contribution in [3.05, 3.63) is 100 Å². The Kier molecular flexibility index (Phi) is 8.39. The van der Waals surface area contributed by atoms with Gasteiger partial charge in [-0.25, -0.2) is 9.97 Å². The van der Waals surface area contributed by atoms with Gasteiger partial charge in [0.1, 0.15) is 0 Å². The summed E-state index contributed by atoms with van der Waals surface area (Å²) < 4.78 is 0. The summed E-state index contributed by atoms with van der Waals surface area (Å²) in [5, 5.41) is 8.55. The lowest BCUT2D eigenvalue weighted by atomic mass is 9.96. The van der Waals surface area contributed by atoms with E-state index in [0.29, 0.717) is 29.5 Å². The molecule has 4 aromatic rings. The van der Waals surface area contributed by atoms with E-state index in [1.54, 1.807) is 0 Å². The molecule has 3 unspecified atom stereocenters. The maximum atomic E-state index is 13.3. The van der Waals surface area contributed by atoms with Crippen LogP contribution < -0.4 is 21.2 Å². The van der Waals surface area contributed by atoms with Gasteiger partial charge in [0.2, 0.25) is 5.95 Å². The zero-order chi connectivity index (χ0) is 29.9. The Balaban J connectivity index is 1.18. The number of fused-ring (bicyclic) bond motifs is 1. The van der Waals surface area contributed by atoms with Crippen molar-refractivity contribution in [3.63, 3.8) is 0 Å². The van der Waals surface area contributed by atoms with Gasteiger partial charge in [0.05, 0.1) is 11.0 Å². The molecule has 0 spiro atoms. The summed E-state index contributed by atoms with van der Waals surface area (Å²) in [6.45, 7) is 9.80. The Morgan fingerprint density at radius 2 is 1.67 bits per heavy atom. The fourth-order valence-electron chi connectivity index (χ4n) is 6.26. The number of nitrogens with zero attached hydrogens (tertiary/aromatic N) is 3. The molecule has 0 radical (unpaired) electrons. The molecule has 3 aromatic carbocycles. The van der Waals surface area contributed by atoms with Crippen molar-refractivity contribution in [2.75, 3.05) is 10.6 Å². The number of hydrogen-bond donors (Lipinski definition) is 2. The van der Waals surface area contributed by atoms with E-state index in [1.807, 2.05) is 49.4 Å². The van der Waals surface area contributed by atoms with Crippen LogP contribution in [0.3, 0.4) is 0 Å². The smallest absolute Gasteiger partial charge is 0.255 e. The monoisotopic (exact) mass is 571 g/mol. The zero-order valence-electron chi connectivity index (χ0n) is 25.6. The van der Waals surface area contributed by atoms with Crippen LogP contribution in [0.25, 0.3) is 23.4 Å². The van der Waals surface area contributed by atoms with E-state index < -0.39 is 0 Å². The fourth-order valence-corrected chi connectivity index (χ4v) is 6.26. The van der Waals surface area contributed by atoms with Crippen LogP contribution in [0.5, 0.6) is 0 Å². The lowest BCUT2D eigenvalue weighted by molar-refractivity contribution is 0.0952. The van der Waals surface area contributed by atoms with Gasteiger partial charge in [-0.2, -0.15) is 0 Å². The minimum Gasteiger partial charge on any atom is -0.324 e. The second-order valence-corrected chi connectivity index (χ2v) is 12.3. The minimum atomic E-state index is -0.123. The number of aromatic nitrogens is 2. The summed E-state index contributed by atoms with van der Waals surface area (Å²) in [6.07, 6.45) is 9.20.